The summed E-state index contributed by atoms with van der Waals surface area (Å²) in [6.07, 6.45) is 1.10. The lowest BCUT2D eigenvalue weighted by Crippen LogP contribution is -2.03. The summed E-state index contributed by atoms with van der Waals surface area (Å²) in [6.45, 7) is 0.819. The third-order valence-corrected chi connectivity index (χ3v) is 1.95. The molecule has 2 N–H and O–H groups in total. The molecule has 10 heavy (non-hydrogen) atoms. The molecule has 0 unspecified atom stereocenters. The SMILES string of the molecule is CC(F)(F)c1cnc(N)s1. The molecule has 0 spiro atoms. The second-order valence-corrected chi connectivity index (χ2v) is 3.01. The number of alkyl halides is 2. The maximum absolute atomic E-state index is 12.4. The lowest BCUT2D eigenvalue weighted by atomic mass is 10.3. The summed E-state index contributed by atoms with van der Waals surface area (Å²) in [7, 11) is 0. The molecule has 0 fully saturated rings. The molecular formula is C5H6F2N2S. The van der Waals surface area contributed by atoms with Gasteiger partial charge in [-0.25, -0.2) is 13.8 Å². The first-order valence-corrected chi connectivity index (χ1v) is 3.41. The van der Waals surface area contributed by atoms with Crippen LogP contribution in [0.3, 0.4) is 0 Å². The molecule has 0 amide bonds. The second kappa shape index (κ2) is 2.16. The molecule has 1 heterocycles. The molecule has 0 aliphatic rings. The monoisotopic (exact) mass is 164 g/mol. The van der Waals surface area contributed by atoms with E-state index in [4.69, 9.17) is 5.73 Å². The van der Waals surface area contributed by atoms with Crippen LogP contribution in [-0.4, -0.2) is 4.98 Å². The predicted octanol–water partition coefficient (Wildman–Crippen LogP) is 1.84. The number of anilines is 1. The first-order valence-electron chi connectivity index (χ1n) is 2.60. The predicted molar refractivity (Wildman–Crippen MR) is 36.1 cm³/mol. The smallest absolute Gasteiger partial charge is 0.281 e. The number of hydrogen-bond acceptors (Lipinski definition) is 3. The normalized spacial score (nSPS) is 11.9. The average molecular weight is 164 g/mol. The van der Waals surface area contributed by atoms with Crippen LogP contribution in [0, 0.1) is 0 Å². The van der Waals surface area contributed by atoms with Crippen LogP contribution in [0.4, 0.5) is 13.9 Å². The van der Waals surface area contributed by atoms with Crippen molar-refractivity contribution in [1.29, 1.82) is 0 Å². The van der Waals surface area contributed by atoms with E-state index in [1.807, 2.05) is 0 Å². The third kappa shape index (κ3) is 1.41. The van der Waals surface area contributed by atoms with Crippen molar-refractivity contribution in [2.75, 3.05) is 5.73 Å². The van der Waals surface area contributed by atoms with Gasteiger partial charge in [0.15, 0.2) is 5.13 Å². The van der Waals surface area contributed by atoms with Crippen LogP contribution in [0.1, 0.15) is 11.8 Å². The molecule has 1 aromatic heterocycles. The fraction of sp³-hybridized carbons (Fsp3) is 0.400. The van der Waals surface area contributed by atoms with Crippen LogP contribution < -0.4 is 5.73 Å². The van der Waals surface area contributed by atoms with E-state index in [1.165, 1.54) is 0 Å². The highest BCUT2D eigenvalue weighted by Crippen LogP contribution is 2.31. The summed E-state index contributed by atoms with van der Waals surface area (Å²) in [4.78, 5) is 3.41. The van der Waals surface area contributed by atoms with Crippen LogP contribution in [0.25, 0.3) is 0 Å². The van der Waals surface area contributed by atoms with Crippen molar-refractivity contribution in [2.45, 2.75) is 12.8 Å². The average Bonchev–Trinajstić information content (AvgIpc) is 2.11. The van der Waals surface area contributed by atoms with E-state index in [9.17, 15) is 8.78 Å². The standard InChI is InChI=1S/C5H6F2N2S/c1-5(6,7)3-2-9-4(8)10-3/h2H,1H3,(H2,8,9). The van der Waals surface area contributed by atoms with Crippen molar-refractivity contribution in [3.05, 3.63) is 11.1 Å². The maximum atomic E-state index is 12.4. The minimum absolute atomic E-state index is 0.0926. The van der Waals surface area contributed by atoms with Crippen molar-refractivity contribution in [2.24, 2.45) is 0 Å². The molecule has 0 radical (unpaired) electrons. The molecule has 0 saturated carbocycles. The molecule has 2 nitrogen and oxygen atoms in total. The Morgan fingerprint density at radius 1 is 1.70 bits per heavy atom. The highest BCUT2D eigenvalue weighted by atomic mass is 32.1. The Morgan fingerprint density at radius 2 is 2.30 bits per heavy atom. The van der Waals surface area contributed by atoms with Gasteiger partial charge in [-0.2, -0.15) is 0 Å². The fourth-order valence-electron chi connectivity index (χ4n) is 0.491. The summed E-state index contributed by atoms with van der Waals surface area (Å²) >= 11 is 0.811. The molecule has 0 atom stereocenters. The Labute approximate surface area is 60.7 Å². The highest BCUT2D eigenvalue weighted by molar-refractivity contribution is 7.15. The second-order valence-electron chi connectivity index (χ2n) is 1.95. The number of rotatable bonds is 1. The molecule has 56 valence electrons. The Bertz CT molecular complexity index is 228. The first-order chi connectivity index (χ1) is 4.50. The van der Waals surface area contributed by atoms with Gasteiger partial charge in [0.05, 0.1) is 4.88 Å². The van der Waals surface area contributed by atoms with Crippen molar-refractivity contribution < 1.29 is 8.78 Å². The Hall–Kier alpha value is -0.710. The molecule has 1 rings (SSSR count). The van der Waals surface area contributed by atoms with E-state index in [0.717, 1.165) is 24.5 Å². The molecule has 0 saturated heterocycles. The van der Waals surface area contributed by atoms with Gasteiger partial charge in [0.2, 0.25) is 0 Å². The lowest BCUT2D eigenvalue weighted by Gasteiger charge is -2.03. The molecular weight excluding hydrogens is 158 g/mol. The zero-order valence-electron chi connectivity index (χ0n) is 5.27. The van der Waals surface area contributed by atoms with Crippen LogP contribution in [-0.2, 0) is 5.92 Å². The molecule has 0 bridgehead atoms. The van der Waals surface area contributed by atoms with Gasteiger partial charge in [0.1, 0.15) is 0 Å². The van der Waals surface area contributed by atoms with Gasteiger partial charge in [-0.05, 0) is 0 Å². The molecule has 0 aliphatic carbocycles. The van der Waals surface area contributed by atoms with E-state index in [1.54, 1.807) is 0 Å². The summed E-state index contributed by atoms with van der Waals surface area (Å²) in [5.74, 6) is -2.81. The molecule has 0 aromatic carbocycles. The van der Waals surface area contributed by atoms with Crippen LogP contribution in [0.5, 0.6) is 0 Å². The van der Waals surface area contributed by atoms with Gasteiger partial charge in [0.25, 0.3) is 5.92 Å². The van der Waals surface area contributed by atoms with Gasteiger partial charge in [0, 0.05) is 13.1 Å². The number of nitrogens with two attached hydrogens (primary N) is 1. The molecule has 5 heteroatoms. The number of thiazole rings is 1. The van der Waals surface area contributed by atoms with Crippen LogP contribution in [0.2, 0.25) is 0 Å². The molecule has 0 aliphatic heterocycles. The summed E-state index contributed by atoms with van der Waals surface area (Å²) in [6, 6.07) is 0. The zero-order valence-corrected chi connectivity index (χ0v) is 6.08. The number of aromatic nitrogens is 1. The van der Waals surface area contributed by atoms with Crippen LogP contribution in [0.15, 0.2) is 6.20 Å². The van der Waals surface area contributed by atoms with E-state index >= 15 is 0 Å². The maximum Gasteiger partial charge on any atom is 0.281 e. The largest absolute Gasteiger partial charge is 0.375 e. The van der Waals surface area contributed by atoms with Crippen molar-refractivity contribution in [3.8, 4) is 0 Å². The van der Waals surface area contributed by atoms with E-state index < -0.39 is 5.92 Å². The Kier molecular flexibility index (Phi) is 1.60. The summed E-state index contributed by atoms with van der Waals surface area (Å²) < 4.78 is 24.8. The number of nitrogens with zero attached hydrogens (tertiary/aromatic N) is 1. The Balaban J connectivity index is 2.96. The van der Waals surface area contributed by atoms with Gasteiger partial charge in [-0.1, -0.05) is 11.3 Å². The van der Waals surface area contributed by atoms with E-state index in [2.05, 4.69) is 4.98 Å². The summed E-state index contributed by atoms with van der Waals surface area (Å²) in [5, 5.41) is 0.177. The van der Waals surface area contributed by atoms with E-state index in [-0.39, 0.29) is 10.0 Å². The summed E-state index contributed by atoms with van der Waals surface area (Å²) in [5.41, 5.74) is 5.15. The molecule has 1 aromatic rings. The van der Waals surface area contributed by atoms with Crippen molar-refractivity contribution >= 4 is 16.5 Å². The van der Waals surface area contributed by atoms with Gasteiger partial charge >= 0.3 is 0 Å². The first kappa shape index (κ1) is 7.40. The van der Waals surface area contributed by atoms with Crippen LogP contribution >= 0.6 is 11.3 Å². The topological polar surface area (TPSA) is 38.9 Å². The third-order valence-electron chi connectivity index (χ3n) is 0.956. The highest BCUT2D eigenvalue weighted by Gasteiger charge is 2.26. The van der Waals surface area contributed by atoms with Gasteiger partial charge < -0.3 is 5.73 Å². The number of halogens is 2. The van der Waals surface area contributed by atoms with Crippen molar-refractivity contribution in [1.82, 2.24) is 4.98 Å². The Morgan fingerprint density at radius 3 is 2.50 bits per heavy atom. The zero-order chi connectivity index (χ0) is 7.78. The van der Waals surface area contributed by atoms with Gasteiger partial charge in [-0.3, -0.25) is 0 Å². The van der Waals surface area contributed by atoms with Crippen molar-refractivity contribution in [3.63, 3.8) is 0 Å². The number of hydrogen-bond donors (Lipinski definition) is 1. The van der Waals surface area contributed by atoms with E-state index in [0.29, 0.717) is 0 Å². The minimum atomic E-state index is -2.81. The lowest BCUT2D eigenvalue weighted by molar-refractivity contribution is 0.0213. The quantitative estimate of drug-likeness (QED) is 0.687. The number of nitrogen functional groups attached to an aromatic ring is 1. The fourth-order valence-corrected chi connectivity index (χ4v) is 1.11. The van der Waals surface area contributed by atoms with Gasteiger partial charge in [-0.15, -0.1) is 0 Å². The minimum Gasteiger partial charge on any atom is -0.375 e.